The highest BCUT2D eigenvalue weighted by Gasteiger charge is 2.21. The third kappa shape index (κ3) is 3.74. The van der Waals surface area contributed by atoms with Crippen LogP contribution in [-0.4, -0.2) is 24.5 Å². The second kappa shape index (κ2) is 6.24. The predicted octanol–water partition coefficient (Wildman–Crippen LogP) is 3.32. The van der Waals surface area contributed by atoms with Crippen LogP contribution in [0, 0.1) is 5.92 Å². The van der Waals surface area contributed by atoms with Gasteiger partial charge in [-0.3, -0.25) is 0 Å². The number of nitrogens with zero attached hydrogens (tertiary/aromatic N) is 1. The Bertz CT molecular complexity index is 358. The molecule has 0 amide bonds. The van der Waals surface area contributed by atoms with E-state index >= 15 is 0 Å². The zero-order valence-electron chi connectivity index (χ0n) is 11.7. The van der Waals surface area contributed by atoms with E-state index < -0.39 is 0 Å². The van der Waals surface area contributed by atoms with Gasteiger partial charge in [-0.1, -0.05) is 31.9 Å². The van der Waals surface area contributed by atoms with E-state index in [0.717, 1.165) is 30.6 Å². The number of nitrogens with two attached hydrogens (primary N) is 1. The molecule has 2 nitrogen and oxygen atoms in total. The zero-order chi connectivity index (χ0) is 13.0. The second-order valence-corrected chi connectivity index (χ2v) is 5.90. The van der Waals surface area contributed by atoms with Gasteiger partial charge < -0.3 is 10.6 Å². The first-order valence-electron chi connectivity index (χ1n) is 7.20. The molecule has 1 saturated carbocycles. The van der Waals surface area contributed by atoms with E-state index in [0.29, 0.717) is 0 Å². The Morgan fingerprint density at radius 2 is 1.94 bits per heavy atom. The average molecular weight is 246 g/mol. The SMILES string of the molecule is CC1CCCC(N(C)CCc2ccc(N)cc2)C1. The minimum Gasteiger partial charge on any atom is -0.399 e. The standard InChI is InChI=1S/C16H26N2/c1-13-4-3-5-16(12-13)18(2)11-10-14-6-8-15(17)9-7-14/h6-9,13,16H,3-5,10-12,17H2,1-2H3. The molecular weight excluding hydrogens is 220 g/mol. The number of likely N-dealkylation sites (N-methyl/N-ethyl adjacent to an activating group) is 1. The van der Waals surface area contributed by atoms with Crippen molar-refractivity contribution >= 4 is 5.69 Å². The number of hydrogen-bond donors (Lipinski definition) is 1. The van der Waals surface area contributed by atoms with Gasteiger partial charge in [0.25, 0.3) is 0 Å². The molecule has 2 rings (SSSR count). The van der Waals surface area contributed by atoms with E-state index in [1.165, 1.54) is 31.2 Å². The monoisotopic (exact) mass is 246 g/mol. The van der Waals surface area contributed by atoms with Crippen molar-refractivity contribution in [2.45, 2.75) is 45.1 Å². The number of anilines is 1. The second-order valence-electron chi connectivity index (χ2n) is 5.90. The molecule has 2 heteroatoms. The van der Waals surface area contributed by atoms with Crippen molar-refractivity contribution in [3.63, 3.8) is 0 Å². The fourth-order valence-electron chi connectivity index (χ4n) is 2.97. The highest BCUT2D eigenvalue weighted by Crippen LogP contribution is 2.26. The number of hydrogen-bond acceptors (Lipinski definition) is 2. The fourth-order valence-corrected chi connectivity index (χ4v) is 2.97. The Balaban J connectivity index is 1.80. The topological polar surface area (TPSA) is 29.3 Å². The van der Waals surface area contributed by atoms with Gasteiger partial charge in [-0.05, 0) is 49.9 Å². The van der Waals surface area contributed by atoms with Crippen molar-refractivity contribution in [2.75, 3.05) is 19.3 Å². The summed E-state index contributed by atoms with van der Waals surface area (Å²) in [6.45, 7) is 3.54. The molecule has 100 valence electrons. The minimum absolute atomic E-state index is 0.794. The molecule has 1 aliphatic carbocycles. The van der Waals surface area contributed by atoms with Crippen molar-refractivity contribution in [1.82, 2.24) is 4.90 Å². The third-order valence-corrected chi connectivity index (χ3v) is 4.26. The van der Waals surface area contributed by atoms with Crippen LogP contribution < -0.4 is 5.73 Å². The van der Waals surface area contributed by atoms with E-state index in [1.807, 2.05) is 12.1 Å². The highest BCUT2D eigenvalue weighted by atomic mass is 15.1. The normalized spacial score (nSPS) is 24.4. The zero-order valence-corrected chi connectivity index (χ0v) is 11.7. The van der Waals surface area contributed by atoms with Crippen LogP contribution >= 0.6 is 0 Å². The molecule has 1 aromatic carbocycles. The van der Waals surface area contributed by atoms with Crippen molar-refractivity contribution in [2.24, 2.45) is 5.92 Å². The number of nitrogen functional groups attached to an aromatic ring is 1. The van der Waals surface area contributed by atoms with E-state index in [-0.39, 0.29) is 0 Å². The van der Waals surface area contributed by atoms with Gasteiger partial charge in [-0.25, -0.2) is 0 Å². The first-order chi connectivity index (χ1) is 8.65. The largest absolute Gasteiger partial charge is 0.399 e. The Morgan fingerprint density at radius 1 is 1.22 bits per heavy atom. The van der Waals surface area contributed by atoms with Crippen LogP contribution in [0.5, 0.6) is 0 Å². The summed E-state index contributed by atoms with van der Waals surface area (Å²) < 4.78 is 0. The average Bonchev–Trinajstić information content (AvgIpc) is 2.38. The van der Waals surface area contributed by atoms with Gasteiger partial charge >= 0.3 is 0 Å². The van der Waals surface area contributed by atoms with Gasteiger partial charge in [0.2, 0.25) is 0 Å². The number of rotatable bonds is 4. The molecule has 1 aliphatic rings. The summed E-state index contributed by atoms with van der Waals surface area (Å²) >= 11 is 0. The van der Waals surface area contributed by atoms with Crippen LogP contribution in [0.2, 0.25) is 0 Å². The Labute approximate surface area is 111 Å². The smallest absolute Gasteiger partial charge is 0.0314 e. The lowest BCUT2D eigenvalue weighted by Crippen LogP contribution is -2.36. The van der Waals surface area contributed by atoms with Crippen LogP contribution in [0.3, 0.4) is 0 Å². The lowest BCUT2D eigenvalue weighted by Gasteiger charge is -2.34. The molecule has 2 unspecified atom stereocenters. The molecule has 0 bridgehead atoms. The summed E-state index contributed by atoms with van der Waals surface area (Å²) in [5.41, 5.74) is 7.95. The molecule has 1 fully saturated rings. The van der Waals surface area contributed by atoms with Crippen molar-refractivity contribution < 1.29 is 0 Å². The maximum Gasteiger partial charge on any atom is 0.0314 e. The molecule has 0 saturated heterocycles. The van der Waals surface area contributed by atoms with E-state index in [2.05, 4.69) is 31.0 Å². The van der Waals surface area contributed by atoms with Gasteiger partial charge in [0.1, 0.15) is 0 Å². The molecule has 1 aromatic rings. The van der Waals surface area contributed by atoms with Gasteiger partial charge in [0.05, 0.1) is 0 Å². The van der Waals surface area contributed by atoms with Crippen LogP contribution in [0.15, 0.2) is 24.3 Å². The van der Waals surface area contributed by atoms with Crippen LogP contribution in [-0.2, 0) is 6.42 Å². The maximum atomic E-state index is 5.70. The Morgan fingerprint density at radius 3 is 2.61 bits per heavy atom. The molecule has 0 spiro atoms. The molecule has 2 N–H and O–H groups in total. The lowest BCUT2D eigenvalue weighted by molar-refractivity contribution is 0.165. The van der Waals surface area contributed by atoms with Crippen LogP contribution in [0.1, 0.15) is 38.2 Å². The molecule has 0 radical (unpaired) electrons. The molecule has 0 heterocycles. The van der Waals surface area contributed by atoms with Gasteiger partial charge in [0, 0.05) is 18.3 Å². The molecule has 18 heavy (non-hydrogen) atoms. The van der Waals surface area contributed by atoms with Crippen LogP contribution in [0.25, 0.3) is 0 Å². The van der Waals surface area contributed by atoms with E-state index in [4.69, 9.17) is 5.73 Å². The van der Waals surface area contributed by atoms with Crippen molar-refractivity contribution in [3.8, 4) is 0 Å². The Hall–Kier alpha value is -1.02. The van der Waals surface area contributed by atoms with Crippen LogP contribution in [0.4, 0.5) is 5.69 Å². The molecule has 0 aromatic heterocycles. The van der Waals surface area contributed by atoms with Crippen molar-refractivity contribution in [3.05, 3.63) is 29.8 Å². The first kappa shape index (κ1) is 13.4. The fraction of sp³-hybridized carbons (Fsp3) is 0.625. The summed E-state index contributed by atoms with van der Waals surface area (Å²) in [5, 5.41) is 0. The third-order valence-electron chi connectivity index (χ3n) is 4.26. The van der Waals surface area contributed by atoms with E-state index in [1.54, 1.807) is 0 Å². The lowest BCUT2D eigenvalue weighted by atomic mass is 9.86. The molecular formula is C16H26N2. The molecule has 0 aliphatic heterocycles. The van der Waals surface area contributed by atoms with Crippen molar-refractivity contribution in [1.29, 1.82) is 0 Å². The summed E-state index contributed by atoms with van der Waals surface area (Å²) in [5.74, 6) is 0.905. The summed E-state index contributed by atoms with van der Waals surface area (Å²) in [6, 6.07) is 9.08. The highest BCUT2D eigenvalue weighted by molar-refractivity contribution is 5.39. The Kier molecular flexibility index (Phi) is 4.65. The first-order valence-corrected chi connectivity index (χ1v) is 7.20. The summed E-state index contributed by atoms with van der Waals surface area (Å²) in [7, 11) is 2.28. The summed E-state index contributed by atoms with van der Waals surface area (Å²) in [6.07, 6.45) is 6.70. The van der Waals surface area contributed by atoms with E-state index in [9.17, 15) is 0 Å². The minimum atomic E-state index is 0.794. The van der Waals surface area contributed by atoms with Gasteiger partial charge in [-0.2, -0.15) is 0 Å². The van der Waals surface area contributed by atoms with Gasteiger partial charge in [0.15, 0.2) is 0 Å². The molecule has 2 atom stereocenters. The predicted molar refractivity (Wildman–Crippen MR) is 78.6 cm³/mol. The maximum absolute atomic E-state index is 5.70. The quantitative estimate of drug-likeness (QED) is 0.826. The summed E-state index contributed by atoms with van der Waals surface area (Å²) in [4.78, 5) is 2.55. The van der Waals surface area contributed by atoms with Gasteiger partial charge in [-0.15, -0.1) is 0 Å². The number of benzene rings is 1.